The molecule has 1 aliphatic heterocycles. The molecule has 170 valence electrons. The second-order valence-electron chi connectivity index (χ2n) is 7.93. The summed E-state index contributed by atoms with van der Waals surface area (Å²) < 4.78 is 7.33. The average molecular weight is 463 g/mol. The topological polar surface area (TPSA) is 68.6 Å². The summed E-state index contributed by atoms with van der Waals surface area (Å²) >= 11 is 0.859. The summed E-state index contributed by atoms with van der Waals surface area (Å²) in [6, 6.07) is 18.2. The molecule has 2 heterocycles. The molecule has 0 bridgehead atoms. The highest BCUT2D eigenvalue weighted by molar-refractivity contribution is 8.18. The first kappa shape index (κ1) is 22.9. The Bertz CT molecular complexity index is 1230. The Kier molecular flexibility index (Phi) is 6.99. The minimum atomic E-state index is -0.567. The molecule has 3 aromatic rings. The average Bonchev–Trinajstić information content (AvgIpc) is 3.23. The molecule has 1 aromatic heterocycles. The van der Waals surface area contributed by atoms with E-state index < -0.39 is 17.1 Å². The van der Waals surface area contributed by atoms with Crippen molar-refractivity contribution in [3.8, 4) is 0 Å². The number of hydrogen-bond acceptors (Lipinski definition) is 5. The number of amides is 2. The van der Waals surface area contributed by atoms with E-state index >= 15 is 0 Å². The van der Waals surface area contributed by atoms with Gasteiger partial charge in [0, 0.05) is 28.7 Å². The lowest BCUT2D eigenvalue weighted by Gasteiger charge is -2.11. The number of thioether (sulfide) groups is 1. The third kappa shape index (κ3) is 4.88. The van der Waals surface area contributed by atoms with Gasteiger partial charge in [0.15, 0.2) is 0 Å². The molecule has 4 rings (SSSR count). The van der Waals surface area contributed by atoms with Crippen LogP contribution in [0.2, 0.25) is 0 Å². The zero-order chi connectivity index (χ0) is 23.4. The van der Waals surface area contributed by atoms with Crippen molar-refractivity contribution in [2.75, 3.05) is 13.2 Å². The highest BCUT2D eigenvalue weighted by Crippen LogP contribution is 2.35. The van der Waals surface area contributed by atoms with Crippen LogP contribution in [-0.4, -0.2) is 39.7 Å². The number of rotatable bonds is 8. The summed E-state index contributed by atoms with van der Waals surface area (Å²) in [4.78, 5) is 38.7. The number of benzene rings is 2. The Hall–Kier alpha value is -3.32. The Balaban J connectivity index is 1.62. The van der Waals surface area contributed by atoms with Crippen molar-refractivity contribution < 1.29 is 19.1 Å². The summed E-state index contributed by atoms with van der Waals surface area (Å²) in [5.74, 6) is -1.03. The van der Waals surface area contributed by atoms with Crippen LogP contribution >= 0.6 is 11.8 Å². The van der Waals surface area contributed by atoms with Crippen molar-refractivity contribution in [3.05, 3.63) is 76.3 Å². The van der Waals surface area contributed by atoms with Gasteiger partial charge in [0.1, 0.15) is 6.54 Å². The van der Waals surface area contributed by atoms with E-state index in [1.165, 1.54) is 5.56 Å². The van der Waals surface area contributed by atoms with E-state index in [9.17, 15) is 14.4 Å². The van der Waals surface area contributed by atoms with Gasteiger partial charge in [-0.05, 0) is 42.8 Å². The molecule has 1 saturated heterocycles. The standard InChI is InChI=1S/C26H26N2O4S/c1-3-4-14-32-24(29)17-28-25(30)23(33-26(28)31)15-21-18(2)27(16-19-10-6-5-7-11-19)22-13-9-8-12-20(21)22/h5-13,15H,3-4,14,16-17H2,1-2H3/b23-15-. The van der Waals surface area contributed by atoms with E-state index in [4.69, 9.17) is 4.74 Å². The number of imide groups is 1. The molecule has 0 N–H and O–H groups in total. The first-order valence-corrected chi connectivity index (χ1v) is 11.8. The van der Waals surface area contributed by atoms with Gasteiger partial charge in [0.05, 0.1) is 11.5 Å². The van der Waals surface area contributed by atoms with E-state index in [0.29, 0.717) is 18.1 Å². The molecule has 1 fully saturated rings. The van der Waals surface area contributed by atoms with Crippen LogP contribution in [0, 0.1) is 6.92 Å². The molecule has 0 radical (unpaired) electrons. The van der Waals surface area contributed by atoms with Crippen molar-refractivity contribution in [1.29, 1.82) is 0 Å². The van der Waals surface area contributed by atoms with E-state index in [2.05, 4.69) is 22.8 Å². The Morgan fingerprint density at radius 3 is 2.55 bits per heavy atom. The number of carbonyl (C=O) groups is 3. The predicted molar refractivity (Wildman–Crippen MR) is 131 cm³/mol. The smallest absolute Gasteiger partial charge is 0.326 e. The highest BCUT2D eigenvalue weighted by atomic mass is 32.2. The summed E-state index contributed by atoms with van der Waals surface area (Å²) in [5.41, 5.74) is 4.14. The molecule has 2 amide bonds. The summed E-state index contributed by atoms with van der Waals surface area (Å²) in [6.45, 7) is 4.64. The zero-order valence-electron chi connectivity index (χ0n) is 18.7. The maximum atomic E-state index is 12.9. The molecule has 7 heteroatoms. The van der Waals surface area contributed by atoms with Crippen molar-refractivity contribution in [1.82, 2.24) is 9.47 Å². The molecule has 6 nitrogen and oxygen atoms in total. The second-order valence-corrected chi connectivity index (χ2v) is 8.92. The third-order valence-corrected chi connectivity index (χ3v) is 6.57. The lowest BCUT2D eigenvalue weighted by atomic mass is 10.1. The zero-order valence-corrected chi connectivity index (χ0v) is 19.6. The molecule has 0 atom stereocenters. The van der Waals surface area contributed by atoms with Gasteiger partial charge in [-0.2, -0.15) is 0 Å². The number of unbranched alkanes of at least 4 members (excludes halogenated alkanes) is 1. The van der Waals surface area contributed by atoms with E-state index in [0.717, 1.165) is 51.7 Å². The van der Waals surface area contributed by atoms with Gasteiger partial charge in [-0.15, -0.1) is 0 Å². The van der Waals surface area contributed by atoms with Crippen LogP contribution in [0.15, 0.2) is 59.5 Å². The minimum absolute atomic E-state index is 0.293. The van der Waals surface area contributed by atoms with Crippen LogP contribution in [0.25, 0.3) is 17.0 Å². The number of aromatic nitrogens is 1. The largest absolute Gasteiger partial charge is 0.464 e. The third-order valence-electron chi connectivity index (χ3n) is 5.66. The number of esters is 1. The first-order valence-electron chi connectivity index (χ1n) is 11.0. The number of para-hydroxylation sites is 1. The lowest BCUT2D eigenvalue weighted by molar-refractivity contribution is -0.146. The molecule has 0 unspecified atom stereocenters. The van der Waals surface area contributed by atoms with Crippen molar-refractivity contribution in [2.24, 2.45) is 0 Å². The summed E-state index contributed by atoms with van der Waals surface area (Å²) in [5, 5.41) is 0.557. The maximum Gasteiger partial charge on any atom is 0.326 e. The Morgan fingerprint density at radius 1 is 1.06 bits per heavy atom. The lowest BCUT2D eigenvalue weighted by Crippen LogP contribution is -2.34. The van der Waals surface area contributed by atoms with Crippen molar-refractivity contribution >= 4 is 45.9 Å². The number of hydrogen-bond donors (Lipinski definition) is 0. The number of carbonyl (C=O) groups excluding carboxylic acids is 3. The molecule has 33 heavy (non-hydrogen) atoms. The van der Waals surface area contributed by atoms with Crippen LogP contribution in [0.4, 0.5) is 4.79 Å². The van der Waals surface area contributed by atoms with Crippen LogP contribution in [0.3, 0.4) is 0 Å². The first-order chi connectivity index (χ1) is 16.0. The number of nitrogens with zero attached hydrogens (tertiary/aromatic N) is 2. The van der Waals surface area contributed by atoms with Crippen molar-refractivity contribution in [3.63, 3.8) is 0 Å². The van der Waals surface area contributed by atoms with Gasteiger partial charge in [0.25, 0.3) is 11.1 Å². The van der Waals surface area contributed by atoms with E-state index in [1.54, 1.807) is 6.08 Å². The van der Waals surface area contributed by atoms with Gasteiger partial charge in [0.2, 0.25) is 0 Å². The Morgan fingerprint density at radius 2 is 1.79 bits per heavy atom. The van der Waals surface area contributed by atoms with Crippen LogP contribution in [-0.2, 0) is 20.9 Å². The highest BCUT2D eigenvalue weighted by Gasteiger charge is 2.37. The van der Waals surface area contributed by atoms with Gasteiger partial charge in [-0.3, -0.25) is 19.3 Å². The van der Waals surface area contributed by atoms with Crippen LogP contribution in [0.5, 0.6) is 0 Å². The number of fused-ring (bicyclic) bond motifs is 1. The molecule has 0 aliphatic carbocycles. The summed E-state index contributed by atoms with van der Waals surface area (Å²) in [7, 11) is 0. The molecule has 2 aromatic carbocycles. The fourth-order valence-electron chi connectivity index (χ4n) is 3.88. The molecular formula is C26H26N2O4S. The fraction of sp³-hybridized carbons (Fsp3) is 0.269. The monoisotopic (exact) mass is 462 g/mol. The van der Waals surface area contributed by atoms with Gasteiger partial charge in [-0.25, -0.2) is 0 Å². The second kappa shape index (κ2) is 10.1. The minimum Gasteiger partial charge on any atom is -0.464 e. The quantitative estimate of drug-likeness (QED) is 0.255. The predicted octanol–water partition coefficient (Wildman–Crippen LogP) is 5.38. The van der Waals surface area contributed by atoms with Gasteiger partial charge in [-0.1, -0.05) is 61.9 Å². The SMILES string of the molecule is CCCCOC(=O)CN1C(=O)S/C(=C\c2c(C)n(Cc3ccccc3)c3ccccc23)C1=O. The molecule has 1 aliphatic rings. The maximum absolute atomic E-state index is 12.9. The van der Waals surface area contributed by atoms with Crippen LogP contribution in [0.1, 0.15) is 36.6 Å². The molecule has 0 spiro atoms. The van der Waals surface area contributed by atoms with E-state index in [-0.39, 0.29) is 6.54 Å². The number of ether oxygens (including phenoxy) is 1. The van der Waals surface area contributed by atoms with Gasteiger partial charge < -0.3 is 9.30 Å². The summed E-state index contributed by atoms with van der Waals surface area (Å²) in [6.07, 6.45) is 3.42. The van der Waals surface area contributed by atoms with Crippen LogP contribution < -0.4 is 0 Å². The molecule has 0 saturated carbocycles. The van der Waals surface area contributed by atoms with Crippen molar-refractivity contribution in [2.45, 2.75) is 33.2 Å². The van der Waals surface area contributed by atoms with Gasteiger partial charge >= 0.3 is 5.97 Å². The molecular weight excluding hydrogens is 436 g/mol. The van der Waals surface area contributed by atoms with E-state index in [1.807, 2.05) is 50.2 Å². The normalized spacial score (nSPS) is 15.1. The Labute approximate surface area is 197 Å². The fourth-order valence-corrected chi connectivity index (χ4v) is 4.70.